The van der Waals surface area contributed by atoms with Gasteiger partial charge in [0.2, 0.25) is 0 Å². The van der Waals surface area contributed by atoms with Crippen molar-refractivity contribution in [1.29, 1.82) is 0 Å². The summed E-state index contributed by atoms with van der Waals surface area (Å²) in [6.07, 6.45) is 0. The number of rotatable bonds is 0. The predicted octanol–water partition coefficient (Wildman–Crippen LogP) is 42.2. The largest absolute Gasteiger partial charge is 0.456 e. The third kappa shape index (κ3) is 18.6. The molecule has 0 fully saturated rings. The number of para-hydroxylation sites is 5. The Kier molecular flexibility index (Phi) is 26.2. The molecule has 0 saturated heterocycles. The molecular weight excluding hydrogens is 1840 g/mol. The maximum absolute atomic E-state index is 5.78. The van der Waals surface area contributed by atoms with Crippen LogP contribution in [-0.4, -0.2) is 0 Å². The zero-order chi connectivity index (χ0) is 99.1. The normalized spacial score (nSPS) is 11.8. The zero-order valence-corrected chi connectivity index (χ0v) is 86.6. The minimum absolute atomic E-state index is 0.150. The van der Waals surface area contributed by atoms with Gasteiger partial charge in [0.15, 0.2) is 0 Å². The highest BCUT2D eigenvalue weighted by Crippen LogP contribution is 2.50. The van der Waals surface area contributed by atoms with Gasteiger partial charge in [-0.05, 0) is 265 Å². The van der Waals surface area contributed by atoms with Gasteiger partial charge >= 0.3 is 0 Å². The van der Waals surface area contributed by atoms with Gasteiger partial charge in [-0.1, -0.05) is 365 Å². The zero-order valence-electron chi connectivity index (χ0n) is 83.3. The van der Waals surface area contributed by atoms with Crippen molar-refractivity contribution in [3.63, 3.8) is 0 Å². The van der Waals surface area contributed by atoms with Crippen molar-refractivity contribution in [2.24, 2.45) is 0 Å². The standard InChI is InChI=1S/C17H12.C16H16.4C13H10O.4C13H10S/c1-11-5-6-14-8-7-12-3-2-4-13-9-10-15(11)17(14)16(12)13;1-11-7-6-9-13-12-8-4-5-10-14(12)16(2,3)15(11)13;1-9-5-4-7-11-10-6-2-3-8-12(10)14-13(9)11;1-9-5-4-8-12-13(9)10-6-2-3-7-11(10)14-12;1-9-6-7-13-11(8-9)10-4-2-3-5-12(10)14-13;1-9-6-7-11-10-4-2-3-5-12(10)14-13(11)8-9;1-9-5-4-7-11-10-6-2-3-8-12(10)14-13(9)11;1-9-5-4-8-12-13(9)10-6-2-3-7-11(10)14-12;1-9-6-7-13-11(8-9)10-4-2-3-5-12(10)14-13;1-9-6-7-11-10-4-2-3-5-12(10)14-13(11)8-9/h2-10H,1H3;4-10H,1-3H3;8*2-8H,1H3. The molecule has 8 heterocycles. The average molecular weight is 1950 g/mol. The maximum atomic E-state index is 5.78. The minimum Gasteiger partial charge on any atom is -0.456 e. The van der Waals surface area contributed by atoms with Crippen molar-refractivity contribution in [3.8, 4) is 11.1 Å². The van der Waals surface area contributed by atoms with Crippen LogP contribution in [0.25, 0.3) is 212 Å². The Hall–Kier alpha value is -16.0. The molecular formula is C137H108O4S4. The molecule has 31 rings (SSSR count). The summed E-state index contributed by atoms with van der Waals surface area (Å²) in [5.41, 5.74) is 26.9. The van der Waals surface area contributed by atoms with Crippen LogP contribution in [0.1, 0.15) is 80.6 Å². The first kappa shape index (κ1) is 93.9. The monoisotopic (exact) mass is 1940 g/mol. The Morgan fingerprint density at radius 3 is 1.26 bits per heavy atom. The second-order valence-electron chi connectivity index (χ2n) is 38.5. The first-order chi connectivity index (χ1) is 70.8. The quantitative estimate of drug-likeness (QED) is 0.142. The molecule has 0 saturated carbocycles. The van der Waals surface area contributed by atoms with Gasteiger partial charge in [-0.25, -0.2) is 0 Å². The first-order valence-electron chi connectivity index (χ1n) is 49.6. The van der Waals surface area contributed by atoms with Crippen LogP contribution in [0.15, 0.2) is 454 Å². The molecule has 8 aromatic heterocycles. The lowest BCUT2D eigenvalue weighted by Gasteiger charge is -2.23. The van der Waals surface area contributed by atoms with E-state index in [9.17, 15) is 0 Å². The number of thiophene rings is 4. The Morgan fingerprint density at radius 2 is 0.559 bits per heavy atom. The molecule has 0 atom stereocenters. The van der Waals surface area contributed by atoms with Gasteiger partial charge in [0.05, 0.1) is 0 Å². The molecule has 1 aliphatic rings. The molecule has 0 bridgehead atoms. The van der Waals surface area contributed by atoms with Crippen LogP contribution in [-0.2, 0) is 5.41 Å². The van der Waals surface area contributed by atoms with Gasteiger partial charge in [-0.15, -0.1) is 45.3 Å². The van der Waals surface area contributed by atoms with Crippen LogP contribution in [0.3, 0.4) is 0 Å². The third-order valence-electron chi connectivity index (χ3n) is 28.1. The van der Waals surface area contributed by atoms with Crippen LogP contribution in [0.5, 0.6) is 0 Å². The van der Waals surface area contributed by atoms with E-state index in [1.165, 1.54) is 234 Å². The van der Waals surface area contributed by atoms with E-state index in [0.717, 1.165) is 44.7 Å². The molecule has 145 heavy (non-hydrogen) atoms. The highest BCUT2D eigenvalue weighted by atomic mass is 32.1. The SMILES string of the molecule is Cc1ccc2c(c1)oc1ccccc12.Cc1ccc2c(c1)sc1ccccc12.Cc1ccc2ccc3cccc4ccc1c2c34.Cc1ccc2oc3ccccc3c2c1.Cc1ccc2sc3ccccc3c2c1.Cc1cccc2c1C(C)(C)c1ccccc1-2.Cc1cccc2c1oc1ccccc12.Cc1cccc2c1sc1ccccc12.Cc1cccc2oc3ccccc3c12.Cc1cccc2sc3ccccc3c12. The van der Waals surface area contributed by atoms with E-state index in [-0.39, 0.29) is 5.41 Å². The lowest BCUT2D eigenvalue weighted by Crippen LogP contribution is -2.16. The first-order valence-corrected chi connectivity index (χ1v) is 52.9. The summed E-state index contributed by atoms with van der Waals surface area (Å²) in [5.74, 6) is 0. The molecule has 0 N–H and O–H groups in total. The van der Waals surface area contributed by atoms with Crippen molar-refractivity contribution in [1.82, 2.24) is 0 Å². The Morgan fingerprint density at radius 1 is 0.179 bits per heavy atom. The fourth-order valence-electron chi connectivity index (χ4n) is 21.0. The van der Waals surface area contributed by atoms with E-state index < -0.39 is 0 Å². The van der Waals surface area contributed by atoms with Gasteiger partial charge < -0.3 is 17.7 Å². The van der Waals surface area contributed by atoms with Crippen molar-refractivity contribution in [3.05, 3.63) is 504 Å². The maximum Gasteiger partial charge on any atom is 0.138 e. The summed E-state index contributed by atoms with van der Waals surface area (Å²) in [7, 11) is 0. The number of benzene rings is 22. The van der Waals surface area contributed by atoms with Crippen LogP contribution in [0, 0.1) is 69.2 Å². The molecule has 0 amide bonds. The average Bonchev–Trinajstić information content (AvgIpc) is 1.58. The molecule has 0 unspecified atom stereocenters. The molecule has 8 heteroatoms. The summed E-state index contributed by atoms with van der Waals surface area (Å²) in [6, 6.07) is 154. The third-order valence-corrected chi connectivity index (χ3v) is 32.8. The van der Waals surface area contributed by atoms with E-state index in [4.69, 9.17) is 17.7 Å². The van der Waals surface area contributed by atoms with E-state index in [2.05, 4.69) is 429 Å². The molecule has 0 aliphatic heterocycles. The van der Waals surface area contributed by atoms with Crippen LogP contribution in [0.4, 0.5) is 0 Å². The predicted molar refractivity (Wildman–Crippen MR) is 634 cm³/mol. The Bertz CT molecular complexity index is 9540. The van der Waals surface area contributed by atoms with E-state index >= 15 is 0 Å². The fourth-order valence-corrected chi connectivity index (χ4v) is 25.7. The summed E-state index contributed by atoms with van der Waals surface area (Å²) < 4.78 is 34.1. The smallest absolute Gasteiger partial charge is 0.138 e. The lowest BCUT2D eigenvalue weighted by atomic mass is 9.80. The van der Waals surface area contributed by atoms with Gasteiger partial charge in [-0.3, -0.25) is 0 Å². The number of fused-ring (bicyclic) bond motifs is 27. The number of aryl methyl sites for hydroxylation is 10. The van der Waals surface area contributed by atoms with Crippen LogP contribution >= 0.6 is 45.3 Å². The second kappa shape index (κ2) is 40.4. The lowest BCUT2D eigenvalue weighted by molar-refractivity contribution is 0.655. The van der Waals surface area contributed by atoms with Gasteiger partial charge in [0.1, 0.15) is 44.7 Å². The van der Waals surface area contributed by atoms with E-state index in [0.29, 0.717) is 0 Å². The van der Waals surface area contributed by atoms with Crippen molar-refractivity contribution in [2.45, 2.75) is 88.5 Å². The minimum atomic E-state index is 0.150. The van der Waals surface area contributed by atoms with Crippen LogP contribution in [0.2, 0.25) is 0 Å². The summed E-state index contributed by atoms with van der Waals surface area (Å²) in [4.78, 5) is 0. The Labute approximate surface area is 859 Å². The summed E-state index contributed by atoms with van der Waals surface area (Å²) in [6.45, 7) is 26.1. The number of furan rings is 4. The molecule has 4 nitrogen and oxygen atoms in total. The van der Waals surface area contributed by atoms with E-state index in [1.54, 1.807) is 0 Å². The van der Waals surface area contributed by atoms with Gasteiger partial charge in [-0.2, -0.15) is 0 Å². The highest BCUT2D eigenvalue weighted by molar-refractivity contribution is 7.27. The second-order valence-corrected chi connectivity index (χ2v) is 42.8. The molecule has 704 valence electrons. The topological polar surface area (TPSA) is 52.6 Å². The van der Waals surface area contributed by atoms with Crippen molar-refractivity contribution >= 4 is 246 Å². The summed E-state index contributed by atoms with van der Waals surface area (Å²) >= 11 is 7.51. The molecule has 0 spiro atoms. The molecule has 0 radical (unpaired) electrons. The van der Waals surface area contributed by atoms with Crippen molar-refractivity contribution < 1.29 is 17.7 Å². The summed E-state index contributed by atoms with van der Waals surface area (Å²) in [5, 5.41) is 29.0. The Balaban J connectivity index is 0.0000000919. The molecule has 1 aliphatic carbocycles. The number of hydrogen-bond donors (Lipinski definition) is 0. The fraction of sp³-hybridized carbons (Fsp3) is 0.0949. The van der Waals surface area contributed by atoms with E-state index in [1.807, 2.05) is 136 Å². The van der Waals surface area contributed by atoms with Gasteiger partial charge in [0, 0.05) is 129 Å². The van der Waals surface area contributed by atoms with Gasteiger partial charge in [0.25, 0.3) is 0 Å². The van der Waals surface area contributed by atoms with Crippen molar-refractivity contribution in [2.75, 3.05) is 0 Å². The highest BCUT2D eigenvalue weighted by Gasteiger charge is 2.36. The number of hydrogen-bond acceptors (Lipinski definition) is 8. The molecule has 30 aromatic rings. The molecule has 22 aromatic carbocycles. The van der Waals surface area contributed by atoms with Crippen LogP contribution < -0.4 is 0 Å².